The second-order valence-electron chi connectivity index (χ2n) is 7.17. The van der Waals surface area contributed by atoms with Gasteiger partial charge in [0.05, 0.1) is 26.0 Å². The minimum atomic E-state index is -3.64. The fourth-order valence-electron chi connectivity index (χ4n) is 2.46. The Bertz CT molecular complexity index is 778. The predicted molar refractivity (Wildman–Crippen MR) is 103 cm³/mol. The van der Waals surface area contributed by atoms with Gasteiger partial charge in [-0.05, 0) is 54.4 Å². The molecule has 0 N–H and O–H groups in total. The number of aromatic nitrogens is 1. The number of hydrogen-bond donors (Lipinski definition) is 0. The lowest BCUT2D eigenvalue weighted by Crippen LogP contribution is -2.50. The highest BCUT2D eigenvalue weighted by molar-refractivity contribution is 9.10. The first-order chi connectivity index (χ1) is 12.3. The number of carbonyl (C=O) groups excluding carboxylic acids is 1. The van der Waals surface area contributed by atoms with Gasteiger partial charge in [-0.1, -0.05) is 11.6 Å². The standard InChI is InChI=1S/C16H22BrClN2O6S/c1-16(2,3)26-15(21)20-7-11(9-24-27(4,22)23)25-12(8-20)10-5-13(17)19-14(18)6-10/h5-6,11-12H,7-9H2,1-4H3. The molecule has 152 valence electrons. The second kappa shape index (κ2) is 8.60. The molecule has 1 amide bonds. The number of carbonyl (C=O) groups is 1. The van der Waals surface area contributed by atoms with Crippen molar-refractivity contribution < 1.29 is 26.9 Å². The van der Waals surface area contributed by atoms with Gasteiger partial charge in [-0.15, -0.1) is 0 Å². The molecule has 0 aromatic carbocycles. The molecule has 0 bridgehead atoms. The molecule has 2 unspecified atom stereocenters. The summed E-state index contributed by atoms with van der Waals surface area (Å²) in [6, 6.07) is 3.35. The monoisotopic (exact) mass is 484 g/mol. The van der Waals surface area contributed by atoms with Crippen LogP contribution in [-0.4, -0.2) is 62.1 Å². The Morgan fingerprint density at radius 2 is 2.07 bits per heavy atom. The topological polar surface area (TPSA) is 95.0 Å². The van der Waals surface area contributed by atoms with Gasteiger partial charge in [0.25, 0.3) is 10.1 Å². The van der Waals surface area contributed by atoms with Gasteiger partial charge in [0.1, 0.15) is 27.6 Å². The summed E-state index contributed by atoms with van der Waals surface area (Å²) in [5.41, 5.74) is 0.0339. The third kappa shape index (κ3) is 7.53. The Morgan fingerprint density at radius 3 is 2.63 bits per heavy atom. The number of halogens is 2. The largest absolute Gasteiger partial charge is 0.444 e. The Labute approximate surface area is 172 Å². The lowest BCUT2D eigenvalue weighted by atomic mass is 10.1. The Hall–Kier alpha value is -0.940. The molecule has 1 aromatic heterocycles. The quantitative estimate of drug-likeness (QED) is 0.477. The van der Waals surface area contributed by atoms with Crippen LogP contribution in [0.1, 0.15) is 32.4 Å². The van der Waals surface area contributed by atoms with Crippen LogP contribution in [0.3, 0.4) is 0 Å². The van der Waals surface area contributed by atoms with Crippen LogP contribution in [0.5, 0.6) is 0 Å². The number of ether oxygens (including phenoxy) is 2. The predicted octanol–water partition coefficient (Wildman–Crippen LogP) is 3.15. The van der Waals surface area contributed by atoms with E-state index in [9.17, 15) is 13.2 Å². The molecule has 0 radical (unpaired) electrons. The average molecular weight is 486 g/mol. The van der Waals surface area contributed by atoms with E-state index in [1.54, 1.807) is 32.9 Å². The lowest BCUT2D eigenvalue weighted by Gasteiger charge is -2.38. The maximum absolute atomic E-state index is 12.5. The van der Waals surface area contributed by atoms with E-state index in [4.69, 9.17) is 25.3 Å². The van der Waals surface area contributed by atoms with E-state index in [0.717, 1.165) is 6.26 Å². The van der Waals surface area contributed by atoms with Crippen LogP contribution in [-0.2, 0) is 23.8 Å². The van der Waals surface area contributed by atoms with Crippen molar-refractivity contribution in [3.63, 3.8) is 0 Å². The fraction of sp³-hybridized carbons (Fsp3) is 0.625. The molecule has 1 saturated heterocycles. The van der Waals surface area contributed by atoms with Crippen LogP contribution in [0, 0.1) is 0 Å². The third-order valence-electron chi connectivity index (χ3n) is 3.44. The Kier molecular flexibility index (Phi) is 7.12. The van der Waals surface area contributed by atoms with Crippen LogP contribution in [0.2, 0.25) is 5.15 Å². The van der Waals surface area contributed by atoms with Gasteiger partial charge in [0, 0.05) is 0 Å². The minimum absolute atomic E-state index is 0.140. The molecule has 1 aliphatic rings. The molecule has 1 aromatic rings. The van der Waals surface area contributed by atoms with Crippen LogP contribution < -0.4 is 0 Å². The number of nitrogens with zero attached hydrogens (tertiary/aromatic N) is 2. The highest BCUT2D eigenvalue weighted by Gasteiger charge is 2.34. The summed E-state index contributed by atoms with van der Waals surface area (Å²) in [5.74, 6) is 0. The molecule has 0 saturated carbocycles. The molecule has 0 aliphatic carbocycles. The highest BCUT2D eigenvalue weighted by Crippen LogP contribution is 2.29. The number of amides is 1. The zero-order valence-electron chi connectivity index (χ0n) is 15.4. The average Bonchev–Trinajstić information content (AvgIpc) is 2.49. The molecular weight excluding hydrogens is 464 g/mol. The molecule has 2 atom stereocenters. The smallest absolute Gasteiger partial charge is 0.410 e. The van der Waals surface area contributed by atoms with Crippen molar-refractivity contribution in [1.29, 1.82) is 0 Å². The number of hydrogen-bond acceptors (Lipinski definition) is 7. The summed E-state index contributed by atoms with van der Waals surface area (Å²) >= 11 is 9.28. The SMILES string of the molecule is CC(C)(C)OC(=O)N1CC(COS(C)(=O)=O)OC(c2cc(Cl)nc(Br)c2)C1. The van der Waals surface area contributed by atoms with Crippen LogP contribution in [0.4, 0.5) is 4.79 Å². The Balaban J connectivity index is 2.23. The zero-order valence-corrected chi connectivity index (χ0v) is 18.6. The van der Waals surface area contributed by atoms with E-state index in [1.165, 1.54) is 4.90 Å². The maximum Gasteiger partial charge on any atom is 0.410 e. The first-order valence-electron chi connectivity index (χ1n) is 8.13. The van der Waals surface area contributed by atoms with Gasteiger partial charge in [-0.25, -0.2) is 9.78 Å². The summed E-state index contributed by atoms with van der Waals surface area (Å²) in [6.45, 7) is 5.46. The van der Waals surface area contributed by atoms with Crippen molar-refractivity contribution in [3.05, 3.63) is 27.5 Å². The van der Waals surface area contributed by atoms with Crippen LogP contribution in [0.25, 0.3) is 0 Å². The Morgan fingerprint density at radius 1 is 1.41 bits per heavy atom. The van der Waals surface area contributed by atoms with Gasteiger partial charge in [-0.2, -0.15) is 8.42 Å². The number of pyridine rings is 1. The molecule has 2 rings (SSSR count). The number of rotatable bonds is 4. The third-order valence-corrected chi connectivity index (χ3v) is 4.61. The molecule has 0 spiro atoms. The summed E-state index contributed by atoms with van der Waals surface area (Å²) < 4.78 is 39.3. The zero-order chi connectivity index (χ0) is 20.4. The number of morpholine rings is 1. The molecule has 11 heteroatoms. The fourth-order valence-corrected chi connectivity index (χ4v) is 3.63. The van der Waals surface area contributed by atoms with E-state index in [0.29, 0.717) is 10.2 Å². The molecule has 1 aliphatic heterocycles. The van der Waals surface area contributed by atoms with Gasteiger partial charge in [0.2, 0.25) is 0 Å². The van der Waals surface area contributed by atoms with Crippen molar-refractivity contribution in [3.8, 4) is 0 Å². The van der Waals surface area contributed by atoms with Crippen molar-refractivity contribution in [1.82, 2.24) is 9.88 Å². The maximum atomic E-state index is 12.5. The van der Waals surface area contributed by atoms with Gasteiger partial charge >= 0.3 is 6.09 Å². The molecule has 27 heavy (non-hydrogen) atoms. The van der Waals surface area contributed by atoms with E-state index in [1.807, 2.05) is 0 Å². The summed E-state index contributed by atoms with van der Waals surface area (Å²) in [7, 11) is -3.64. The van der Waals surface area contributed by atoms with Crippen molar-refractivity contribution >= 4 is 43.7 Å². The van der Waals surface area contributed by atoms with E-state index >= 15 is 0 Å². The van der Waals surface area contributed by atoms with E-state index in [2.05, 4.69) is 20.9 Å². The molecule has 8 nitrogen and oxygen atoms in total. The van der Waals surface area contributed by atoms with Gasteiger partial charge < -0.3 is 14.4 Å². The van der Waals surface area contributed by atoms with Gasteiger partial charge in [0.15, 0.2) is 0 Å². The second-order valence-corrected chi connectivity index (χ2v) is 10.0. The van der Waals surface area contributed by atoms with Crippen LogP contribution in [0.15, 0.2) is 16.7 Å². The summed E-state index contributed by atoms with van der Waals surface area (Å²) in [5, 5.41) is 0.265. The highest BCUT2D eigenvalue weighted by atomic mass is 79.9. The van der Waals surface area contributed by atoms with E-state index in [-0.39, 0.29) is 24.8 Å². The minimum Gasteiger partial charge on any atom is -0.444 e. The molecule has 2 heterocycles. The molecular formula is C16H22BrClN2O6S. The summed E-state index contributed by atoms with van der Waals surface area (Å²) in [4.78, 5) is 18.0. The van der Waals surface area contributed by atoms with Crippen molar-refractivity contribution in [2.75, 3.05) is 26.0 Å². The summed E-state index contributed by atoms with van der Waals surface area (Å²) in [6.07, 6.45) is -0.758. The first kappa shape index (κ1) is 22.4. The van der Waals surface area contributed by atoms with Crippen LogP contribution >= 0.6 is 27.5 Å². The van der Waals surface area contributed by atoms with E-state index < -0.39 is 34.0 Å². The van der Waals surface area contributed by atoms with Gasteiger partial charge in [-0.3, -0.25) is 4.18 Å². The molecule has 1 fully saturated rings. The lowest BCUT2D eigenvalue weighted by molar-refractivity contribution is -0.101. The van der Waals surface area contributed by atoms with Crippen molar-refractivity contribution in [2.45, 2.75) is 38.6 Å². The normalized spacial score (nSPS) is 21.2. The van der Waals surface area contributed by atoms with Crippen molar-refractivity contribution in [2.24, 2.45) is 0 Å². The first-order valence-corrected chi connectivity index (χ1v) is 11.1.